The Kier molecular flexibility index (Phi) is 3.65. The fourth-order valence-corrected chi connectivity index (χ4v) is 3.53. The van der Waals surface area contributed by atoms with Gasteiger partial charge in [-0.15, -0.1) is 12.4 Å². The lowest BCUT2D eigenvalue weighted by Crippen LogP contribution is -2.74. The Morgan fingerprint density at radius 1 is 1.45 bits per heavy atom. The number of hydrogen-bond acceptors (Lipinski definition) is 3. The zero-order chi connectivity index (χ0) is 13.8. The maximum atomic E-state index is 14.3. The number of hydrogen-bond donors (Lipinski definition) is 2. The molecule has 0 aromatic heterocycles. The summed E-state index contributed by atoms with van der Waals surface area (Å²) in [6.45, 7) is 1.32. The summed E-state index contributed by atoms with van der Waals surface area (Å²) < 4.78 is 14.3. The minimum atomic E-state index is -0.480. The Morgan fingerprint density at radius 3 is 2.55 bits per heavy atom. The van der Waals surface area contributed by atoms with Gasteiger partial charge in [0.15, 0.2) is 5.75 Å². The molecule has 20 heavy (non-hydrogen) atoms. The van der Waals surface area contributed by atoms with E-state index in [2.05, 4.69) is 5.48 Å². The van der Waals surface area contributed by atoms with Gasteiger partial charge in [0.1, 0.15) is 5.82 Å². The van der Waals surface area contributed by atoms with Gasteiger partial charge in [-0.3, -0.25) is 4.79 Å². The molecular weight excluding hydrogens is 306 g/mol. The summed E-state index contributed by atoms with van der Waals surface area (Å²) in [5.41, 5.74) is 8.22. The van der Waals surface area contributed by atoms with Gasteiger partial charge in [0.05, 0.1) is 5.02 Å². The Labute approximate surface area is 127 Å². The molecule has 7 heteroatoms. The van der Waals surface area contributed by atoms with Crippen LogP contribution in [0.1, 0.15) is 31.7 Å². The molecule has 0 radical (unpaired) electrons. The highest BCUT2D eigenvalue weighted by Crippen LogP contribution is 2.68. The third-order valence-electron chi connectivity index (χ3n) is 3.96. The summed E-state index contributed by atoms with van der Waals surface area (Å²) in [7, 11) is 0. The van der Waals surface area contributed by atoms with Crippen LogP contribution >= 0.6 is 24.0 Å². The number of hydroxylamine groups is 1. The molecule has 0 saturated heterocycles. The molecule has 2 bridgehead atoms. The van der Waals surface area contributed by atoms with E-state index in [4.69, 9.17) is 22.2 Å². The first kappa shape index (κ1) is 15.4. The molecule has 0 unspecified atom stereocenters. The SMILES string of the molecule is CC(=O)NOc1ccc(Cl)c(F)c1C12CC(N)(C1)C2.Cl. The van der Waals surface area contributed by atoms with Gasteiger partial charge in [0, 0.05) is 23.4 Å². The van der Waals surface area contributed by atoms with Crippen LogP contribution in [0.3, 0.4) is 0 Å². The molecule has 3 saturated carbocycles. The molecule has 1 aromatic rings. The van der Waals surface area contributed by atoms with E-state index in [0.29, 0.717) is 11.3 Å². The Hall–Kier alpha value is -1.04. The number of halogens is 3. The first-order valence-electron chi connectivity index (χ1n) is 6.06. The van der Waals surface area contributed by atoms with E-state index in [-0.39, 0.29) is 34.3 Å². The van der Waals surface area contributed by atoms with Gasteiger partial charge in [-0.1, -0.05) is 11.6 Å². The molecule has 1 amide bonds. The molecule has 3 aliphatic rings. The molecule has 0 heterocycles. The Balaban J connectivity index is 0.00000147. The summed E-state index contributed by atoms with van der Waals surface area (Å²) in [6, 6.07) is 2.99. The third kappa shape index (κ3) is 2.14. The molecule has 3 aliphatic carbocycles. The van der Waals surface area contributed by atoms with Crippen molar-refractivity contribution in [2.24, 2.45) is 5.73 Å². The lowest BCUT2D eigenvalue weighted by Gasteiger charge is -2.69. The number of rotatable bonds is 3. The number of benzene rings is 1. The van der Waals surface area contributed by atoms with Crippen LogP contribution in [0.5, 0.6) is 5.75 Å². The number of nitrogens with two attached hydrogens (primary N) is 1. The van der Waals surface area contributed by atoms with Gasteiger partial charge in [-0.05, 0) is 31.4 Å². The van der Waals surface area contributed by atoms with Gasteiger partial charge in [0.25, 0.3) is 0 Å². The van der Waals surface area contributed by atoms with E-state index < -0.39 is 5.82 Å². The highest BCUT2D eigenvalue weighted by Gasteiger charge is 2.68. The van der Waals surface area contributed by atoms with Gasteiger partial charge >= 0.3 is 0 Å². The van der Waals surface area contributed by atoms with Crippen molar-refractivity contribution in [1.82, 2.24) is 5.48 Å². The van der Waals surface area contributed by atoms with E-state index in [1.807, 2.05) is 0 Å². The topological polar surface area (TPSA) is 64.3 Å². The number of carbonyl (C=O) groups is 1. The van der Waals surface area contributed by atoms with Gasteiger partial charge < -0.3 is 10.6 Å². The standard InChI is InChI=1S/C13H14ClFN2O2.ClH/c1-7(18)17-19-9-3-2-8(14)11(15)10(9)12-4-13(16,5-12)6-12;/h2-3H,4-6,16H2,1H3,(H,17,18);1H. The second kappa shape index (κ2) is 4.76. The van der Waals surface area contributed by atoms with Crippen molar-refractivity contribution in [3.8, 4) is 5.75 Å². The highest BCUT2D eigenvalue weighted by molar-refractivity contribution is 6.30. The van der Waals surface area contributed by atoms with Crippen molar-refractivity contribution in [1.29, 1.82) is 0 Å². The molecule has 1 aromatic carbocycles. The van der Waals surface area contributed by atoms with Crippen LogP contribution in [-0.4, -0.2) is 11.4 Å². The largest absolute Gasteiger partial charge is 0.379 e. The summed E-state index contributed by atoms with van der Waals surface area (Å²) in [4.78, 5) is 16.1. The van der Waals surface area contributed by atoms with Crippen molar-refractivity contribution in [2.45, 2.75) is 37.1 Å². The number of carbonyl (C=O) groups excluding carboxylic acids is 1. The third-order valence-corrected chi connectivity index (χ3v) is 4.25. The van der Waals surface area contributed by atoms with Crippen LogP contribution < -0.4 is 16.1 Å². The zero-order valence-electron chi connectivity index (χ0n) is 10.8. The molecule has 3 N–H and O–H groups in total. The van der Waals surface area contributed by atoms with Crippen LogP contribution in [0.4, 0.5) is 4.39 Å². The molecule has 4 nitrogen and oxygen atoms in total. The maximum absolute atomic E-state index is 14.3. The van der Waals surface area contributed by atoms with Crippen molar-refractivity contribution in [2.75, 3.05) is 0 Å². The van der Waals surface area contributed by atoms with E-state index in [0.717, 1.165) is 19.3 Å². The van der Waals surface area contributed by atoms with E-state index in [1.54, 1.807) is 6.07 Å². The monoisotopic (exact) mass is 320 g/mol. The summed E-state index contributed by atoms with van der Waals surface area (Å²) in [6.07, 6.45) is 2.19. The van der Waals surface area contributed by atoms with Crippen molar-refractivity contribution >= 4 is 29.9 Å². The predicted molar refractivity (Wildman–Crippen MR) is 75.6 cm³/mol. The highest BCUT2D eigenvalue weighted by atomic mass is 35.5. The molecule has 0 aliphatic heterocycles. The quantitative estimate of drug-likeness (QED) is 0.841. The van der Waals surface area contributed by atoms with Crippen LogP contribution in [0, 0.1) is 5.82 Å². The Morgan fingerprint density at radius 2 is 2.05 bits per heavy atom. The average Bonchev–Trinajstić information content (AvgIpc) is 2.26. The van der Waals surface area contributed by atoms with Crippen molar-refractivity contribution in [3.63, 3.8) is 0 Å². The fourth-order valence-electron chi connectivity index (χ4n) is 3.37. The summed E-state index contributed by atoms with van der Waals surface area (Å²) in [5.74, 6) is -0.528. The second-order valence-corrected chi connectivity index (χ2v) is 6.08. The van der Waals surface area contributed by atoms with Crippen molar-refractivity contribution < 1.29 is 14.0 Å². The molecule has 3 fully saturated rings. The molecule has 110 valence electrons. The first-order chi connectivity index (χ1) is 8.85. The van der Waals surface area contributed by atoms with Gasteiger partial charge in [0.2, 0.25) is 5.91 Å². The van der Waals surface area contributed by atoms with Crippen LogP contribution in [0.2, 0.25) is 5.02 Å². The summed E-state index contributed by atoms with van der Waals surface area (Å²) in [5, 5.41) is 0.0565. The van der Waals surface area contributed by atoms with E-state index >= 15 is 0 Å². The molecule has 0 spiro atoms. The van der Waals surface area contributed by atoms with Crippen LogP contribution in [0.15, 0.2) is 12.1 Å². The minimum absolute atomic E-state index is 0. The lowest BCUT2D eigenvalue weighted by atomic mass is 9.38. The van der Waals surface area contributed by atoms with Crippen LogP contribution in [-0.2, 0) is 10.2 Å². The Bertz CT molecular complexity index is 560. The van der Waals surface area contributed by atoms with Crippen LogP contribution in [0.25, 0.3) is 0 Å². The van der Waals surface area contributed by atoms with E-state index in [9.17, 15) is 9.18 Å². The molecular formula is C13H15Cl2FN2O2. The predicted octanol–water partition coefficient (Wildman–Crippen LogP) is 2.46. The first-order valence-corrected chi connectivity index (χ1v) is 6.44. The molecule has 0 atom stereocenters. The lowest BCUT2D eigenvalue weighted by molar-refractivity contribution is -0.125. The minimum Gasteiger partial charge on any atom is -0.379 e. The zero-order valence-corrected chi connectivity index (χ0v) is 12.4. The fraction of sp³-hybridized carbons (Fsp3) is 0.462. The van der Waals surface area contributed by atoms with Gasteiger partial charge in [-0.2, -0.15) is 5.48 Å². The number of amides is 1. The summed E-state index contributed by atoms with van der Waals surface area (Å²) >= 11 is 5.84. The normalized spacial score (nSPS) is 29.6. The van der Waals surface area contributed by atoms with Crippen molar-refractivity contribution in [3.05, 3.63) is 28.5 Å². The molecule has 4 rings (SSSR count). The van der Waals surface area contributed by atoms with E-state index in [1.165, 1.54) is 13.0 Å². The smallest absolute Gasteiger partial charge is 0.249 e. The van der Waals surface area contributed by atoms with Gasteiger partial charge in [-0.25, -0.2) is 4.39 Å². The average molecular weight is 321 g/mol. The second-order valence-electron chi connectivity index (χ2n) is 5.67. The number of nitrogens with one attached hydrogen (secondary N) is 1. The maximum Gasteiger partial charge on any atom is 0.249 e.